The number of ether oxygens (including phenoxy) is 1. The first kappa shape index (κ1) is 11.3. The highest BCUT2D eigenvalue weighted by molar-refractivity contribution is 5.40. The molecular formula is C11H15N3O. The number of aromatic nitrogens is 1. The van der Waals surface area contributed by atoms with E-state index in [0.29, 0.717) is 18.8 Å². The van der Waals surface area contributed by atoms with Gasteiger partial charge in [-0.2, -0.15) is 10.2 Å². The molecule has 1 aromatic heterocycles. The van der Waals surface area contributed by atoms with Gasteiger partial charge in [0.1, 0.15) is 5.82 Å². The zero-order chi connectivity index (χ0) is 11.1. The zero-order valence-electron chi connectivity index (χ0n) is 9.10. The van der Waals surface area contributed by atoms with Crippen LogP contribution in [0.4, 0.5) is 5.82 Å². The first-order valence-corrected chi connectivity index (χ1v) is 4.94. The zero-order valence-corrected chi connectivity index (χ0v) is 9.10. The monoisotopic (exact) mass is 205 g/mol. The Morgan fingerprint density at radius 1 is 1.53 bits per heavy atom. The van der Waals surface area contributed by atoms with Gasteiger partial charge in [0, 0.05) is 19.2 Å². The highest BCUT2D eigenvalue weighted by Gasteiger charge is 2.05. The van der Waals surface area contributed by atoms with Crippen molar-refractivity contribution in [3.63, 3.8) is 0 Å². The quantitative estimate of drug-likeness (QED) is 0.735. The Hall–Kier alpha value is -1.76. The minimum absolute atomic E-state index is 0.507. The highest BCUT2D eigenvalue weighted by atomic mass is 16.5. The lowest BCUT2D eigenvalue weighted by molar-refractivity contribution is 0.398. The van der Waals surface area contributed by atoms with Crippen LogP contribution in [0.1, 0.15) is 13.3 Å². The van der Waals surface area contributed by atoms with Gasteiger partial charge in [0.25, 0.3) is 0 Å². The van der Waals surface area contributed by atoms with Gasteiger partial charge in [-0.15, -0.1) is 0 Å². The molecule has 0 bridgehead atoms. The summed E-state index contributed by atoms with van der Waals surface area (Å²) in [6, 6.07) is 7.76. The molecular weight excluding hydrogens is 190 g/mol. The second-order valence-electron chi connectivity index (χ2n) is 3.03. The molecule has 0 aliphatic heterocycles. The maximum Gasteiger partial charge on any atom is 0.214 e. The lowest BCUT2D eigenvalue weighted by atomic mass is 10.3. The van der Waals surface area contributed by atoms with Crippen LogP contribution in [-0.4, -0.2) is 25.2 Å². The molecule has 0 N–H and O–H groups in total. The van der Waals surface area contributed by atoms with Crippen molar-refractivity contribution in [3.05, 3.63) is 18.2 Å². The molecule has 80 valence electrons. The van der Waals surface area contributed by atoms with Crippen molar-refractivity contribution in [1.29, 1.82) is 5.26 Å². The molecule has 0 unspecified atom stereocenters. The van der Waals surface area contributed by atoms with Crippen molar-refractivity contribution in [3.8, 4) is 11.9 Å². The number of anilines is 1. The van der Waals surface area contributed by atoms with Crippen LogP contribution in [0.25, 0.3) is 0 Å². The third-order valence-electron chi connectivity index (χ3n) is 2.12. The van der Waals surface area contributed by atoms with Crippen molar-refractivity contribution in [1.82, 2.24) is 4.98 Å². The molecule has 0 fully saturated rings. The van der Waals surface area contributed by atoms with Crippen LogP contribution in [-0.2, 0) is 0 Å². The SMILES string of the molecule is CCN(CCC#N)c1cccc(OC)n1. The van der Waals surface area contributed by atoms with Crippen LogP contribution in [0.5, 0.6) is 5.88 Å². The summed E-state index contributed by atoms with van der Waals surface area (Å²) >= 11 is 0. The smallest absolute Gasteiger partial charge is 0.214 e. The molecule has 0 atom stereocenters. The fourth-order valence-electron chi connectivity index (χ4n) is 1.31. The van der Waals surface area contributed by atoms with Crippen molar-refractivity contribution in [2.45, 2.75) is 13.3 Å². The van der Waals surface area contributed by atoms with Gasteiger partial charge >= 0.3 is 0 Å². The summed E-state index contributed by atoms with van der Waals surface area (Å²) in [5, 5.41) is 8.54. The van der Waals surface area contributed by atoms with Crippen molar-refractivity contribution < 1.29 is 4.74 Å². The largest absolute Gasteiger partial charge is 0.481 e. The van der Waals surface area contributed by atoms with Gasteiger partial charge in [0.2, 0.25) is 5.88 Å². The molecule has 0 saturated heterocycles. The summed E-state index contributed by atoms with van der Waals surface area (Å²) in [4.78, 5) is 6.36. The number of nitriles is 1. The van der Waals surface area contributed by atoms with E-state index in [1.54, 1.807) is 7.11 Å². The van der Waals surface area contributed by atoms with E-state index in [2.05, 4.69) is 11.1 Å². The first-order chi connectivity index (χ1) is 7.31. The first-order valence-electron chi connectivity index (χ1n) is 4.94. The van der Waals surface area contributed by atoms with E-state index in [1.165, 1.54) is 0 Å². The van der Waals surface area contributed by atoms with Crippen LogP contribution in [0.3, 0.4) is 0 Å². The van der Waals surface area contributed by atoms with Crippen molar-refractivity contribution in [2.75, 3.05) is 25.1 Å². The molecule has 0 aliphatic rings. The van der Waals surface area contributed by atoms with Crippen molar-refractivity contribution in [2.24, 2.45) is 0 Å². The number of rotatable bonds is 5. The van der Waals surface area contributed by atoms with Crippen LogP contribution < -0.4 is 9.64 Å². The molecule has 15 heavy (non-hydrogen) atoms. The van der Waals surface area contributed by atoms with Gasteiger partial charge in [0.15, 0.2) is 0 Å². The van der Waals surface area contributed by atoms with Gasteiger partial charge in [-0.3, -0.25) is 0 Å². The summed E-state index contributed by atoms with van der Waals surface area (Å²) in [7, 11) is 1.59. The Balaban J connectivity index is 2.77. The van der Waals surface area contributed by atoms with Crippen LogP contribution in [0, 0.1) is 11.3 Å². The van der Waals surface area contributed by atoms with E-state index in [4.69, 9.17) is 10.00 Å². The number of hydrogen-bond donors (Lipinski definition) is 0. The standard InChI is InChI=1S/C11H15N3O/c1-3-14(9-5-8-12)10-6-4-7-11(13-10)15-2/h4,6-7H,3,5,9H2,1-2H3. The Morgan fingerprint density at radius 2 is 2.33 bits per heavy atom. The van der Waals surface area contributed by atoms with Gasteiger partial charge in [-0.1, -0.05) is 6.07 Å². The van der Waals surface area contributed by atoms with E-state index < -0.39 is 0 Å². The Kier molecular flexibility index (Phi) is 4.42. The van der Waals surface area contributed by atoms with E-state index in [0.717, 1.165) is 12.4 Å². The summed E-state index contributed by atoms with van der Waals surface area (Å²) < 4.78 is 5.05. The third-order valence-corrected chi connectivity index (χ3v) is 2.12. The molecule has 0 saturated carbocycles. The molecule has 4 heteroatoms. The van der Waals surface area contributed by atoms with Gasteiger partial charge in [0.05, 0.1) is 19.6 Å². The number of nitrogens with zero attached hydrogens (tertiary/aromatic N) is 3. The van der Waals surface area contributed by atoms with E-state index in [9.17, 15) is 0 Å². The normalized spacial score (nSPS) is 9.40. The predicted octanol–water partition coefficient (Wildman–Crippen LogP) is 1.83. The third kappa shape index (κ3) is 3.13. The minimum Gasteiger partial charge on any atom is -0.481 e. The second-order valence-corrected chi connectivity index (χ2v) is 3.03. The number of methoxy groups -OCH3 is 1. The maximum atomic E-state index is 8.54. The highest BCUT2D eigenvalue weighted by Crippen LogP contribution is 2.15. The summed E-state index contributed by atoms with van der Waals surface area (Å²) in [6.07, 6.45) is 0.507. The predicted molar refractivity (Wildman–Crippen MR) is 58.9 cm³/mol. The summed E-state index contributed by atoms with van der Waals surface area (Å²) in [6.45, 7) is 3.58. The molecule has 1 aromatic rings. The summed E-state index contributed by atoms with van der Waals surface area (Å²) in [5.41, 5.74) is 0. The molecule has 0 amide bonds. The average molecular weight is 205 g/mol. The lowest BCUT2D eigenvalue weighted by Gasteiger charge is -2.20. The summed E-state index contributed by atoms with van der Waals surface area (Å²) in [5.74, 6) is 1.45. The van der Waals surface area contributed by atoms with Gasteiger partial charge < -0.3 is 9.64 Å². The Labute approximate surface area is 90.1 Å². The van der Waals surface area contributed by atoms with Crippen LogP contribution in [0.2, 0.25) is 0 Å². The second kappa shape index (κ2) is 5.86. The topological polar surface area (TPSA) is 49.2 Å². The van der Waals surface area contributed by atoms with Gasteiger partial charge in [-0.05, 0) is 13.0 Å². The maximum absolute atomic E-state index is 8.54. The molecule has 4 nitrogen and oxygen atoms in total. The fourth-order valence-corrected chi connectivity index (χ4v) is 1.31. The van der Waals surface area contributed by atoms with E-state index in [1.807, 2.05) is 30.0 Å². The molecule has 0 spiro atoms. The van der Waals surface area contributed by atoms with Crippen LogP contribution in [0.15, 0.2) is 18.2 Å². The Bertz CT molecular complexity index is 346. The number of hydrogen-bond acceptors (Lipinski definition) is 4. The number of pyridine rings is 1. The molecule has 0 aliphatic carbocycles. The molecule has 1 heterocycles. The van der Waals surface area contributed by atoms with E-state index in [-0.39, 0.29) is 0 Å². The van der Waals surface area contributed by atoms with Crippen molar-refractivity contribution >= 4 is 5.82 Å². The van der Waals surface area contributed by atoms with Gasteiger partial charge in [-0.25, -0.2) is 0 Å². The molecule has 1 rings (SSSR count). The minimum atomic E-state index is 0.507. The molecule has 0 aromatic carbocycles. The lowest BCUT2D eigenvalue weighted by Crippen LogP contribution is -2.24. The average Bonchev–Trinajstić information content (AvgIpc) is 2.30. The van der Waals surface area contributed by atoms with Crippen LogP contribution >= 0.6 is 0 Å². The Morgan fingerprint density at radius 3 is 2.93 bits per heavy atom. The van der Waals surface area contributed by atoms with E-state index >= 15 is 0 Å². The molecule has 0 radical (unpaired) electrons. The fraction of sp³-hybridized carbons (Fsp3) is 0.455.